The van der Waals surface area contributed by atoms with Gasteiger partial charge < -0.3 is 10.8 Å². The summed E-state index contributed by atoms with van der Waals surface area (Å²) in [6.45, 7) is 5.30. The van der Waals surface area contributed by atoms with Crippen molar-refractivity contribution in [3.05, 3.63) is 0 Å². The normalized spacial score (nSPS) is 31.5. The van der Waals surface area contributed by atoms with Gasteiger partial charge in [-0.3, -0.25) is 0 Å². The molecule has 2 fully saturated rings. The van der Waals surface area contributed by atoms with Gasteiger partial charge in [-0.05, 0) is 43.9 Å². The maximum Gasteiger partial charge on any atom is 0.0716 e. The fourth-order valence-corrected chi connectivity index (χ4v) is 3.78. The molecule has 0 spiro atoms. The van der Waals surface area contributed by atoms with Crippen LogP contribution >= 0.6 is 0 Å². The summed E-state index contributed by atoms with van der Waals surface area (Å²) in [5, 5.41) is 11.0. The molecule has 94 valence electrons. The summed E-state index contributed by atoms with van der Waals surface area (Å²) in [4.78, 5) is 0. The van der Waals surface area contributed by atoms with Gasteiger partial charge in [-0.25, -0.2) is 0 Å². The molecule has 0 aliphatic heterocycles. The summed E-state index contributed by atoms with van der Waals surface area (Å²) >= 11 is 0. The Morgan fingerprint density at radius 1 is 0.938 bits per heavy atom. The molecule has 0 aromatic carbocycles. The van der Waals surface area contributed by atoms with E-state index in [2.05, 4.69) is 13.8 Å². The number of hydrogen-bond donors (Lipinski definition) is 2. The van der Waals surface area contributed by atoms with Crippen LogP contribution in [0.4, 0.5) is 0 Å². The molecule has 0 aromatic heterocycles. The van der Waals surface area contributed by atoms with Crippen molar-refractivity contribution in [1.29, 1.82) is 0 Å². The molecule has 0 saturated heterocycles. The molecule has 2 aliphatic carbocycles. The highest BCUT2D eigenvalue weighted by Gasteiger charge is 2.52. The zero-order valence-electron chi connectivity index (χ0n) is 10.9. The first kappa shape index (κ1) is 12.4. The van der Waals surface area contributed by atoms with E-state index in [0.717, 1.165) is 38.5 Å². The second-order valence-corrected chi connectivity index (χ2v) is 6.89. The molecule has 0 heterocycles. The van der Waals surface area contributed by atoms with E-state index in [9.17, 15) is 5.11 Å². The van der Waals surface area contributed by atoms with Crippen LogP contribution in [0.3, 0.4) is 0 Å². The lowest BCUT2D eigenvalue weighted by molar-refractivity contribution is -0.119. The Kier molecular flexibility index (Phi) is 3.09. The van der Waals surface area contributed by atoms with E-state index < -0.39 is 5.60 Å². The van der Waals surface area contributed by atoms with Crippen LogP contribution in [0.5, 0.6) is 0 Å². The summed E-state index contributed by atoms with van der Waals surface area (Å²) in [5.41, 5.74) is 5.99. The number of hydrogen-bond acceptors (Lipinski definition) is 2. The molecule has 2 nitrogen and oxygen atoms in total. The third kappa shape index (κ3) is 1.91. The molecule has 2 rings (SSSR count). The van der Waals surface area contributed by atoms with E-state index in [-0.39, 0.29) is 5.41 Å². The van der Waals surface area contributed by atoms with Crippen molar-refractivity contribution < 1.29 is 5.11 Å². The van der Waals surface area contributed by atoms with Gasteiger partial charge in [0.1, 0.15) is 0 Å². The number of aliphatic hydroxyl groups is 1. The molecule has 0 bridgehead atoms. The van der Waals surface area contributed by atoms with Crippen molar-refractivity contribution in [2.75, 3.05) is 6.54 Å². The van der Waals surface area contributed by atoms with Gasteiger partial charge in [0.2, 0.25) is 0 Å². The predicted molar refractivity (Wildman–Crippen MR) is 67.2 cm³/mol. The summed E-state index contributed by atoms with van der Waals surface area (Å²) in [5.74, 6) is 0. The average molecular weight is 225 g/mol. The molecule has 3 N–H and O–H groups in total. The van der Waals surface area contributed by atoms with E-state index in [1.807, 2.05) is 0 Å². The monoisotopic (exact) mass is 225 g/mol. The van der Waals surface area contributed by atoms with Crippen LogP contribution in [-0.2, 0) is 0 Å². The van der Waals surface area contributed by atoms with Crippen LogP contribution < -0.4 is 5.73 Å². The quantitative estimate of drug-likeness (QED) is 0.759. The molecule has 0 aromatic rings. The Morgan fingerprint density at radius 2 is 1.44 bits per heavy atom. The van der Waals surface area contributed by atoms with Gasteiger partial charge in [-0.2, -0.15) is 0 Å². The Morgan fingerprint density at radius 3 is 1.88 bits per heavy atom. The lowest BCUT2D eigenvalue weighted by Crippen LogP contribution is -2.53. The molecule has 0 unspecified atom stereocenters. The van der Waals surface area contributed by atoms with Gasteiger partial charge in [0, 0.05) is 12.0 Å². The fraction of sp³-hybridized carbons (Fsp3) is 1.00. The fourth-order valence-electron chi connectivity index (χ4n) is 3.78. The average Bonchev–Trinajstić information content (AvgIpc) is 2.73. The Balaban J connectivity index is 2.13. The van der Waals surface area contributed by atoms with Crippen LogP contribution in [0.2, 0.25) is 0 Å². The van der Waals surface area contributed by atoms with E-state index in [0.29, 0.717) is 12.0 Å². The van der Waals surface area contributed by atoms with Crippen molar-refractivity contribution in [3.63, 3.8) is 0 Å². The Labute approximate surface area is 99.6 Å². The third-order valence-electron chi connectivity index (χ3n) is 5.37. The predicted octanol–water partition coefficient (Wildman–Crippen LogP) is 2.84. The largest absolute Gasteiger partial charge is 0.389 e. The molecule has 2 aliphatic rings. The third-order valence-corrected chi connectivity index (χ3v) is 5.37. The summed E-state index contributed by atoms with van der Waals surface area (Å²) < 4.78 is 0. The van der Waals surface area contributed by atoms with Crippen LogP contribution in [0.15, 0.2) is 0 Å². The maximum absolute atomic E-state index is 11.0. The van der Waals surface area contributed by atoms with Crippen molar-refractivity contribution >= 4 is 0 Å². The lowest BCUT2D eigenvalue weighted by Gasteiger charge is -2.50. The second kappa shape index (κ2) is 3.99. The molecular weight excluding hydrogens is 198 g/mol. The highest BCUT2D eigenvalue weighted by molar-refractivity contribution is 5.05. The highest BCUT2D eigenvalue weighted by atomic mass is 16.3. The van der Waals surface area contributed by atoms with Crippen molar-refractivity contribution in [2.45, 2.75) is 70.8 Å². The minimum Gasteiger partial charge on any atom is -0.389 e. The van der Waals surface area contributed by atoms with E-state index in [4.69, 9.17) is 5.73 Å². The summed E-state index contributed by atoms with van der Waals surface area (Å²) in [6.07, 6.45) is 8.98. The maximum atomic E-state index is 11.0. The zero-order chi connectivity index (χ0) is 11.9. The molecule has 2 saturated carbocycles. The smallest absolute Gasteiger partial charge is 0.0716 e. The van der Waals surface area contributed by atoms with E-state index in [1.54, 1.807) is 0 Å². The SMILES string of the molecule is CC1(C)CCC(O)(C2(CN)CCCC2)CC1. The number of rotatable bonds is 2. The van der Waals surface area contributed by atoms with Crippen LogP contribution in [0, 0.1) is 10.8 Å². The molecular formula is C14H27NO. The highest BCUT2D eigenvalue weighted by Crippen LogP contribution is 2.54. The molecule has 0 atom stereocenters. The van der Waals surface area contributed by atoms with Crippen molar-refractivity contribution in [1.82, 2.24) is 0 Å². The first-order valence-corrected chi connectivity index (χ1v) is 6.86. The lowest BCUT2D eigenvalue weighted by atomic mass is 9.59. The Bertz CT molecular complexity index is 243. The topological polar surface area (TPSA) is 46.2 Å². The first-order valence-electron chi connectivity index (χ1n) is 6.86. The second-order valence-electron chi connectivity index (χ2n) is 6.89. The van der Waals surface area contributed by atoms with Crippen LogP contribution in [0.1, 0.15) is 65.2 Å². The number of nitrogens with two attached hydrogens (primary N) is 1. The summed E-state index contributed by atoms with van der Waals surface area (Å²) in [6, 6.07) is 0. The van der Waals surface area contributed by atoms with E-state index >= 15 is 0 Å². The van der Waals surface area contributed by atoms with Gasteiger partial charge >= 0.3 is 0 Å². The van der Waals surface area contributed by atoms with Crippen molar-refractivity contribution in [2.24, 2.45) is 16.6 Å². The molecule has 16 heavy (non-hydrogen) atoms. The molecule has 2 heteroatoms. The van der Waals surface area contributed by atoms with Crippen molar-refractivity contribution in [3.8, 4) is 0 Å². The van der Waals surface area contributed by atoms with Crippen LogP contribution in [0.25, 0.3) is 0 Å². The van der Waals surface area contributed by atoms with Gasteiger partial charge in [-0.1, -0.05) is 26.7 Å². The summed E-state index contributed by atoms with van der Waals surface area (Å²) in [7, 11) is 0. The van der Waals surface area contributed by atoms with Gasteiger partial charge in [0.05, 0.1) is 5.60 Å². The van der Waals surface area contributed by atoms with Gasteiger partial charge in [0.25, 0.3) is 0 Å². The van der Waals surface area contributed by atoms with E-state index in [1.165, 1.54) is 12.8 Å². The van der Waals surface area contributed by atoms with Gasteiger partial charge in [-0.15, -0.1) is 0 Å². The van der Waals surface area contributed by atoms with Crippen LogP contribution in [-0.4, -0.2) is 17.3 Å². The minimum atomic E-state index is -0.465. The first-order chi connectivity index (χ1) is 7.43. The molecule has 0 amide bonds. The van der Waals surface area contributed by atoms with Gasteiger partial charge in [0.15, 0.2) is 0 Å². The standard InChI is InChI=1S/C14H27NO/c1-12(2)7-9-14(16,10-8-12)13(11-15)5-3-4-6-13/h16H,3-11,15H2,1-2H3. The minimum absolute atomic E-state index is 0.0451. The Hall–Kier alpha value is -0.0800. The zero-order valence-corrected chi connectivity index (χ0v) is 10.9. The molecule has 0 radical (unpaired) electrons.